The van der Waals surface area contributed by atoms with E-state index in [1.807, 2.05) is 0 Å². The van der Waals surface area contributed by atoms with E-state index in [4.69, 9.17) is 4.74 Å². The van der Waals surface area contributed by atoms with Crippen molar-refractivity contribution in [2.45, 2.75) is 59.3 Å². The van der Waals surface area contributed by atoms with Crippen LogP contribution >= 0.6 is 12.4 Å². The van der Waals surface area contributed by atoms with Crippen molar-refractivity contribution >= 4 is 18.1 Å². The summed E-state index contributed by atoms with van der Waals surface area (Å²) in [7, 11) is 0. The van der Waals surface area contributed by atoms with E-state index in [-0.39, 0.29) is 12.4 Å². The SMILES string of the molecule is CCOCCN1CCN(c2ccccc2C2CCC(C(C)(C)C)CC2)CC1.Cl. The predicted octanol–water partition coefficient (Wildman–Crippen LogP) is 5.59. The molecule has 0 bridgehead atoms. The Morgan fingerprint density at radius 3 is 2.21 bits per heavy atom. The van der Waals surface area contributed by atoms with Gasteiger partial charge in [0.1, 0.15) is 0 Å². The molecule has 0 amide bonds. The van der Waals surface area contributed by atoms with Gasteiger partial charge in [-0.1, -0.05) is 39.0 Å². The van der Waals surface area contributed by atoms with Crippen LogP contribution in [0.25, 0.3) is 0 Å². The number of benzene rings is 1. The first-order valence-corrected chi connectivity index (χ1v) is 11.1. The van der Waals surface area contributed by atoms with Gasteiger partial charge in [0, 0.05) is 45.0 Å². The molecule has 1 aliphatic carbocycles. The molecule has 1 aliphatic heterocycles. The Balaban J connectivity index is 0.00000280. The average Bonchev–Trinajstić information content (AvgIpc) is 2.68. The molecule has 2 fully saturated rings. The monoisotopic (exact) mass is 408 g/mol. The standard InChI is InChI=1S/C24H40N2O.ClH/c1-5-27-19-18-25-14-16-26(17-15-25)23-9-7-6-8-22(23)20-10-12-21(13-11-20)24(2,3)4;/h6-9,20-21H,5,10-19H2,1-4H3;1H. The molecule has 4 heteroatoms. The molecule has 1 saturated carbocycles. The van der Waals surface area contributed by atoms with Crippen LogP contribution in [0, 0.1) is 11.3 Å². The maximum atomic E-state index is 5.52. The van der Waals surface area contributed by atoms with Crippen molar-refractivity contribution in [3.63, 3.8) is 0 Å². The van der Waals surface area contributed by atoms with Crippen LogP contribution in [0.2, 0.25) is 0 Å². The van der Waals surface area contributed by atoms with Gasteiger partial charge in [-0.05, 0) is 61.5 Å². The van der Waals surface area contributed by atoms with Crippen molar-refractivity contribution in [1.82, 2.24) is 4.90 Å². The van der Waals surface area contributed by atoms with Crippen molar-refractivity contribution in [1.29, 1.82) is 0 Å². The third-order valence-corrected chi connectivity index (χ3v) is 6.80. The molecule has 0 atom stereocenters. The smallest absolute Gasteiger partial charge is 0.0593 e. The highest BCUT2D eigenvalue weighted by molar-refractivity contribution is 5.85. The fraction of sp³-hybridized carbons (Fsp3) is 0.750. The highest BCUT2D eigenvalue weighted by Crippen LogP contribution is 2.45. The zero-order valence-corrected chi connectivity index (χ0v) is 19.3. The summed E-state index contributed by atoms with van der Waals surface area (Å²) in [4.78, 5) is 5.17. The van der Waals surface area contributed by atoms with Crippen molar-refractivity contribution in [3.05, 3.63) is 29.8 Å². The Bertz CT molecular complexity index is 570. The maximum Gasteiger partial charge on any atom is 0.0593 e. The van der Waals surface area contributed by atoms with E-state index < -0.39 is 0 Å². The Kier molecular flexibility index (Phi) is 9.11. The molecule has 0 aromatic heterocycles. The van der Waals surface area contributed by atoms with Gasteiger partial charge >= 0.3 is 0 Å². The molecule has 3 nitrogen and oxygen atoms in total. The first-order valence-electron chi connectivity index (χ1n) is 11.1. The molecule has 2 aliphatic rings. The fourth-order valence-corrected chi connectivity index (χ4v) is 4.94. The molecular formula is C24H41ClN2O. The van der Waals surface area contributed by atoms with Gasteiger partial charge in [0.2, 0.25) is 0 Å². The quantitative estimate of drug-likeness (QED) is 0.571. The third kappa shape index (κ3) is 6.11. The van der Waals surface area contributed by atoms with Gasteiger partial charge in [0.15, 0.2) is 0 Å². The average molecular weight is 409 g/mol. The second-order valence-electron chi connectivity index (χ2n) is 9.50. The summed E-state index contributed by atoms with van der Waals surface area (Å²) in [6, 6.07) is 9.23. The lowest BCUT2D eigenvalue weighted by molar-refractivity contribution is 0.111. The van der Waals surface area contributed by atoms with Gasteiger partial charge in [0.05, 0.1) is 6.61 Å². The largest absolute Gasteiger partial charge is 0.380 e. The number of hydrogen-bond acceptors (Lipinski definition) is 3. The summed E-state index contributed by atoms with van der Waals surface area (Å²) in [5.41, 5.74) is 3.57. The van der Waals surface area contributed by atoms with Crippen LogP contribution in [0.15, 0.2) is 24.3 Å². The molecule has 1 aromatic carbocycles. The van der Waals surface area contributed by atoms with Crippen LogP contribution in [-0.4, -0.2) is 50.8 Å². The van der Waals surface area contributed by atoms with Gasteiger partial charge in [-0.2, -0.15) is 0 Å². The minimum atomic E-state index is 0. The van der Waals surface area contributed by atoms with Crippen LogP contribution in [0.1, 0.15) is 64.9 Å². The number of hydrogen-bond donors (Lipinski definition) is 0. The molecule has 160 valence electrons. The Hall–Kier alpha value is -0.770. The van der Waals surface area contributed by atoms with Crippen molar-refractivity contribution in [3.8, 4) is 0 Å². The van der Waals surface area contributed by atoms with Crippen LogP contribution in [0.4, 0.5) is 5.69 Å². The first-order chi connectivity index (χ1) is 13.0. The highest BCUT2D eigenvalue weighted by atomic mass is 35.5. The van der Waals surface area contributed by atoms with Gasteiger partial charge in [-0.3, -0.25) is 4.90 Å². The molecule has 0 spiro atoms. The zero-order chi connectivity index (χ0) is 19.3. The number of halogens is 1. The number of rotatable bonds is 6. The lowest BCUT2D eigenvalue weighted by atomic mass is 9.68. The van der Waals surface area contributed by atoms with E-state index in [0.29, 0.717) is 5.41 Å². The van der Waals surface area contributed by atoms with Crippen molar-refractivity contribution in [2.24, 2.45) is 11.3 Å². The van der Waals surface area contributed by atoms with E-state index in [1.54, 1.807) is 5.56 Å². The molecule has 0 N–H and O–H groups in total. The summed E-state index contributed by atoms with van der Waals surface area (Å²) >= 11 is 0. The second kappa shape index (κ2) is 10.8. The molecular weight excluding hydrogens is 368 g/mol. The first kappa shape index (κ1) is 23.5. The fourth-order valence-electron chi connectivity index (χ4n) is 4.94. The Morgan fingerprint density at radius 2 is 1.61 bits per heavy atom. The molecule has 1 aromatic rings. The van der Waals surface area contributed by atoms with Crippen LogP contribution in [0.3, 0.4) is 0 Å². The van der Waals surface area contributed by atoms with E-state index in [0.717, 1.165) is 57.8 Å². The summed E-state index contributed by atoms with van der Waals surface area (Å²) in [5, 5.41) is 0. The molecule has 3 rings (SSSR count). The predicted molar refractivity (Wildman–Crippen MR) is 123 cm³/mol. The van der Waals surface area contributed by atoms with Gasteiger partial charge in [-0.25, -0.2) is 0 Å². The minimum Gasteiger partial charge on any atom is -0.380 e. The van der Waals surface area contributed by atoms with Crippen molar-refractivity contribution < 1.29 is 4.74 Å². The van der Waals surface area contributed by atoms with E-state index in [1.165, 1.54) is 31.4 Å². The summed E-state index contributed by atoms with van der Waals surface area (Å²) < 4.78 is 5.52. The highest BCUT2D eigenvalue weighted by Gasteiger charge is 2.31. The lowest BCUT2D eigenvalue weighted by Gasteiger charge is -2.40. The van der Waals surface area contributed by atoms with Crippen LogP contribution in [0.5, 0.6) is 0 Å². The third-order valence-electron chi connectivity index (χ3n) is 6.80. The maximum absolute atomic E-state index is 5.52. The van der Waals surface area contributed by atoms with Gasteiger partial charge in [0.25, 0.3) is 0 Å². The topological polar surface area (TPSA) is 15.7 Å². The number of ether oxygens (including phenoxy) is 1. The zero-order valence-electron chi connectivity index (χ0n) is 18.5. The lowest BCUT2D eigenvalue weighted by Crippen LogP contribution is -2.47. The van der Waals surface area contributed by atoms with Crippen LogP contribution in [-0.2, 0) is 4.74 Å². The normalized spacial score (nSPS) is 24.1. The van der Waals surface area contributed by atoms with Gasteiger partial charge in [-0.15, -0.1) is 12.4 Å². The van der Waals surface area contributed by atoms with Gasteiger partial charge < -0.3 is 9.64 Å². The molecule has 1 saturated heterocycles. The second-order valence-corrected chi connectivity index (χ2v) is 9.50. The van der Waals surface area contributed by atoms with Crippen molar-refractivity contribution in [2.75, 3.05) is 50.8 Å². The number of nitrogens with zero attached hydrogens (tertiary/aromatic N) is 2. The molecule has 1 heterocycles. The summed E-state index contributed by atoms with van der Waals surface area (Å²) in [6.45, 7) is 16.7. The minimum absolute atomic E-state index is 0. The summed E-state index contributed by atoms with van der Waals surface area (Å²) in [6.07, 6.45) is 5.47. The van der Waals surface area contributed by atoms with E-state index in [2.05, 4.69) is 61.8 Å². The van der Waals surface area contributed by atoms with E-state index in [9.17, 15) is 0 Å². The Labute approximate surface area is 179 Å². The number of para-hydroxylation sites is 1. The van der Waals surface area contributed by atoms with Crippen LogP contribution < -0.4 is 4.90 Å². The number of anilines is 1. The summed E-state index contributed by atoms with van der Waals surface area (Å²) in [5.74, 6) is 1.63. The molecule has 28 heavy (non-hydrogen) atoms. The number of piperazine rings is 1. The Morgan fingerprint density at radius 1 is 0.964 bits per heavy atom. The van der Waals surface area contributed by atoms with E-state index >= 15 is 0 Å². The molecule has 0 unspecified atom stereocenters. The molecule has 0 radical (unpaired) electrons.